The molecule has 25 heavy (non-hydrogen) atoms. The minimum Gasteiger partial charge on any atom is -0.460 e. The molecule has 2 atom stereocenters. The van der Waals surface area contributed by atoms with Gasteiger partial charge >= 0.3 is 12.1 Å². The maximum atomic E-state index is 12.5. The van der Waals surface area contributed by atoms with Crippen molar-refractivity contribution in [2.24, 2.45) is 5.73 Å². The molecule has 0 aromatic heterocycles. The summed E-state index contributed by atoms with van der Waals surface area (Å²) in [6.07, 6.45) is -0.0319. The second-order valence-corrected chi connectivity index (χ2v) is 7.26. The van der Waals surface area contributed by atoms with Crippen molar-refractivity contribution in [3.05, 3.63) is 0 Å². The van der Waals surface area contributed by atoms with E-state index in [1.807, 2.05) is 6.92 Å². The molecule has 0 spiro atoms. The first kappa shape index (κ1) is 21.2. The van der Waals surface area contributed by atoms with Gasteiger partial charge in [0.1, 0.15) is 5.60 Å². The largest absolute Gasteiger partial charge is 0.460 e. The van der Waals surface area contributed by atoms with Gasteiger partial charge in [0.2, 0.25) is 5.91 Å². The third-order valence-electron chi connectivity index (χ3n) is 3.83. The fourth-order valence-electron chi connectivity index (χ4n) is 2.67. The number of piperazine rings is 1. The first-order valence-electron chi connectivity index (χ1n) is 8.74. The molecule has 8 heteroatoms. The van der Waals surface area contributed by atoms with Gasteiger partial charge in [0, 0.05) is 32.1 Å². The Morgan fingerprint density at radius 2 is 1.88 bits per heavy atom. The number of hydrogen-bond donors (Lipinski definition) is 1. The van der Waals surface area contributed by atoms with E-state index in [1.165, 1.54) is 0 Å². The number of hydrogen-bond acceptors (Lipinski definition) is 6. The SMILES string of the molecule is CCOC(=O)N1CCN(C(=O)[C@@H](N)CCC(=O)OC(C)(C)C)[C@H](C)C1. The predicted octanol–water partition coefficient (Wildman–Crippen LogP) is 1.12. The number of ether oxygens (including phenoxy) is 2. The molecule has 2 N–H and O–H groups in total. The van der Waals surface area contributed by atoms with E-state index in [9.17, 15) is 14.4 Å². The van der Waals surface area contributed by atoms with Gasteiger partial charge in [0.25, 0.3) is 0 Å². The quantitative estimate of drug-likeness (QED) is 0.740. The molecule has 1 heterocycles. The summed E-state index contributed by atoms with van der Waals surface area (Å²) in [5.74, 6) is -0.574. The summed E-state index contributed by atoms with van der Waals surface area (Å²) in [6, 6.07) is -0.914. The van der Waals surface area contributed by atoms with Gasteiger partial charge in [0.15, 0.2) is 0 Å². The molecule has 144 valence electrons. The van der Waals surface area contributed by atoms with Crippen LogP contribution in [0.3, 0.4) is 0 Å². The van der Waals surface area contributed by atoms with E-state index in [2.05, 4.69) is 0 Å². The van der Waals surface area contributed by atoms with E-state index in [-0.39, 0.29) is 36.9 Å². The van der Waals surface area contributed by atoms with Crippen LogP contribution < -0.4 is 5.73 Å². The van der Waals surface area contributed by atoms with Crippen LogP contribution in [0.1, 0.15) is 47.5 Å². The van der Waals surface area contributed by atoms with Gasteiger partial charge in [0.05, 0.1) is 12.6 Å². The molecule has 1 aliphatic heterocycles. The first-order chi connectivity index (χ1) is 11.5. The fraction of sp³-hybridized carbons (Fsp3) is 0.824. The van der Waals surface area contributed by atoms with Crippen LogP contribution in [-0.4, -0.2) is 71.7 Å². The van der Waals surface area contributed by atoms with E-state index in [0.29, 0.717) is 26.2 Å². The van der Waals surface area contributed by atoms with Gasteiger partial charge in [-0.2, -0.15) is 0 Å². The molecule has 1 rings (SSSR count). The van der Waals surface area contributed by atoms with Gasteiger partial charge in [-0.1, -0.05) is 0 Å². The summed E-state index contributed by atoms with van der Waals surface area (Å²) in [5, 5.41) is 0. The second-order valence-electron chi connectivity index (χ2n) is 7.26. The number of nitrogens with zero attached hydrogens (tertiary/aromatic N) is 2. The van der Waals surface area contributed by atoms with Crippen molar-refractivity contribution in [1.82, 2.24) is 9.80 Å². The molecule has 0 saturated carbocycles. The number of carbonyl (C=O) groups excluding carboxylic acids is 3. The van der Waals surface area contributed by atoms with Crippen LogP contribution in [0.15, 0.2) is 0 Å². The molecule has 8 nitrogen and oxygen atoms in total. The highest BCUT2D eigenvalue weighted by molar-refractivity contribution is 5.83. The fourth-order valence-corrected chi connectivity index (χ4v) is 2.67. The predicted molar refractivity (Wildman–Crippen MR) is 92.8 cm³/mol. The Hall–Kier alpha value is -1.83. The zero-order valence-electron chi connectivity index (χ0n) is 15.9. The van der Waals surface area contributed by atoms with Gasteiger partial charge in [-0.05, 0) is 41.0 Å². The van der Waals surface area contributed by atoms with Crippen LogP contribution in [0.25, 0.3) is 0 Å². The molecule has 2 amide bonds. The summed E-state index contributed by atoms with van der Waals surface area (Å²) >= 11 is 0. The molecule has 0 aliphatic carbocycles. The average molecular weight is 357 g/mol. The zero-order chi connectivity index (χ0) is 19.2. The van der Waals surface area contributed by atoms with Gasteiger partial charge in [-0.25, -0.2) is 4.79 Å². The van der Waals surface area contributed by atoms with Crippen LogP contribution in [0.5, 0.6) is 0 Å². The van der Waals surface area contributed by atoms with Crippen molar-refractivity contribution >= 4 is 18.0 Å². The van der Waals surface area contributed by atoms with Gasteiger partial charge in [-0.15, -0.1) is 0 Å². The molecular formula is C17H31N3O5. The normalized spacial score (nSPS) is 19.4. The maximum absolute atomic E-state index is 12.5. The van der Waals surface area contributed by atoms with Gasteiger partial charge in [-0.3, -0.25) is 9.59 Å². The molecule has 0 aromatic rings. The summed E-state index contributed by atoms with van der Waals surface area (Å²) in [7, 11) is 0. The standard InChI is InChI=1S/C17H31N3O5/c1-6-24-16(23)19-9-10-20(12(2)11-19)15(22)13(18)7-8-14(21)25-17(3,4)5/h12-13H,6-11,18H2,1-5H3/t12-,13+/m1/s1. The number of nitrogens with two attached hydrogens (primary N) is 1. The van der Waals surface area contributed by atoms with Crippen LogP contribution in [0, 0.1) is 0 Å². The summed E-state index contributed by atoms with van der Waals surface area (Å²) in [6.45, 7) is 10.5. The molecule has 0 radical (unpaired) electrons. The van der Waals surface area contributed by atoms with E-state index in [4.69, 9.17) is 15.2 Å². The van der Waals surface area contributed by atoms with E-state index in [1.54, 1.807) is 37.5 Å². The van der Waals surface area contributed by atoms with Gasteiger partial charge < -0.3 is 25.0 Å². The van der Waals surface area contributed by atoms with Crippen molar-refractivity contribution in [2.45, 2.75) is 65.1 Å². The van der Waals surface area contributed by atoms with Crippen molar-refractivity contribution < 1.29 is 23.9 Å². The number of amides is 2. The highest BCUT2D eigenvalue weighted by Crippen LogP contribution is 2.14. The Morgan fingerprint density at radius 3 is 2.40 bits per heavy atom. The highest BCUT2D eigenvalue weighted by Gasteiger charge is 2.32. The monoisotopic (exact) mass is 357 g/mol. The maximum Gasteiger partial charge on any atom is 0.409 e. The lowest BCUT2D eigenvalue weighted by atomic mass is 10.1. The lowest BCUT2D eigenvalue weighted by molar-refractivity contribution is -0.155. The molecule has 0 unspecified atom stereocenters. The molecule has 1 aliphatic rings. The smallest absolute Gasteiger partial charge is 0.409 e. The van der Waals surface area contributed by atoms with Crippen LogP contribution >= 0.6 is 0 Å². The van der Waals surface area contributed by atoms with Crippen molar-refractivity contribution in [1.29, 1.82) is 0 Å². The summed E-state index contributed by atoms with van der Waals surface area (Å²) in [4.78, 5) is 39.3. The van der Waals surface area contributed by atoms with Crippen molar-refractivity contribution in [3.63, 3.8) is 0 Å². The topological polar surface area (TPSA) is 102 Å². The lowest BCUT2D eigenvalue weighted by Gasteiger charge is -2.40. The Labute approximate surface area is 149 Å². The van der Waals surface area contributed by atoms with Crippen LogP contribution in [-0.2, 0) is 19.1 Å². The molecular weight excluding hydrogens is 326 g/mol. The molecule has 0 aromatic carbocycles. The third kappa shape index (κ3) is 6.89. The average Bonchev–Trinajstić information content (AvgIpc) is 2.50. The van der Waals surface area contributed by atoms with Crippen LogP contribution in [0.4, 0.5) is 4.79 Å². The number of esters is 1. The van der Waals surface area contributed by atoms with Crippen LogP contribution in [0.2, 0.25) is 0 Å². The number of rotatable bonds is 5. The van der Waals surface area contributed by atoms with E-state index >= 15 is 0 Å². The van der Waals surface area contributed by atoms with Crippen molar-refractivity contribution in [2.75, 3.05) is 26.2 Å². The Bertz CT molecular complexity index is 489. The molecule has 0 bridgehead atoms. The Kier molecular flexibility index (Phi) is 7.66. The Balaban J connectivity index is 2.48. The first-order valence-corrected chi connectivity index (χ1v) is 8.74. The lowest BCUT2D eigenvalue weighted by Crippen LogP contribution is -2.58. The zero-order valence-corrected chi connectivity index (χ0v) is 15.9. The second kappa shape index (κ2) is 9.03. The third-order valence-corrected chi connectivity index (χ3v) is 3.83. The summed E-state index contributed by atoms with van der Waals surface area (Å²) in [5.41, 5.74) is 5.41. The van der Waals surface area contributed by atoms with Crippen molar-refractivity contribution in [3.8, 4) is 0 Å². The highest BCUT2D eigenvalue weighted by atomic mass is 16.6. The minimum atomic E-state index is -0.760. The molecule has 1 fully saturated rings. The summed E-state index contributed by atoms with van der Waals surface area (Å²) < 4.78 is 10.2. The van der Waals surface area contributed by atoms with E-state index < -0.39 is 11.6 Å². The minimum absolute atomic E-state index is 0.0986. The van der Waals surface area contributed by atoms with E-state index in [0.717, 1.165) is 0 Å². The Morgan fingerprint density at radius 1 is 1.24 bits per heavy atom. The molecule has 1 saturated heterocycles. The number of carbonyl (C=O) groups is 3.